The van der Waals surface area contributed by atoms with Crippen LogP contribution in [-0.2, 0) is 17.8 Å². The van der Waals surface area contributed by atoms with E-state index in [1.807, 2.05) is 36.4 Å². The molecule has 2 heterocycles. The minimum Gasteiger partial charge on any atom is -0.341 e. The lowest BCUT2D eigenvalue weighted by Gasteiger charge is -2.37. The Labute approximate surface area is 152 Å². The first-order valence-corrected chi connectivity index (χ1v) is 9.53. The smallest absolute Gasteiger partial charge is 0.228 e. The summed E-state index contributed by atoms with van der Waals surface area (Å²) in [4.78, 5) is 21.0. The summed E-state index contributed by atoms with van der Waals surface area (Å²) in [5.74, 6) is -0.0593. The van der Waals surface area contributed by atoms with Crippen molar-refractivity contribution in [2.75, 3.05) is 20.1 Å². The van der Waals surface area contributed by atoms with Crippen LogP contribution in [0.5, 0.6) is 0 Å². The maximum Gasteiger partial charge on any atom is 0.228 e. The molecular weight excluding hydrogens is 337 g/mol. The molecule has 1 fully saturated rings. The van der Waals surface area contributed by atoms with E-state index in [1.165, 1.54) is 6.07 Å². The van der Waals surface area contributed by atoms with Crippen molar-refractivity contribution in [3.8, 4) is 0 Å². The quantitative estimate of drug-likeness (QED) is 0.820. The number of rotatable bonds is 5. The number of benzene rings is 1. The minimum absolute atomic E-state index is 0.100. The normalized spacial score (nSPS) is 18.3. The van der Waals surface area contributed by atoms with Crippen molar-refractivity contribution >= 4 is 17.2 Å². The van der Waals surface area contributed by atoms with Gasteiger partial charge < -0.3 is 4.90 Å². The monoisotopic (exact) mass is 361 g/mol. The van der Waals surface area contributed by atoms with Gasteiger partial charge in [-0.1, -0.05) is 18.2 Å². The van der Waals surface area contributed by atoms with Gasteiger partial charge in [0, 0.05) is 37.1 Å². The van der Waals surface area contributed by atoms with Crippen molar-refractivity contribution < 1.29 is 9.18 Å². The van der Waals surface area contributed by atoms with Crippen LogP contribution in [0.15, 0.2) is 29.6 Å². The third-order valence-electron chi connectivity index (χ3n) is 4.77. The SMILES string of the molecule is Cc1nc(CC(=O)N(C)[C@@H]2CCCN(Cc3ccccc3F)C2)cs1. The lowest BCUT2D eigenvalue weighted by molar-refractivity contribution is -0.132. The number of halogens is 1. The molecule has 0 spiro atoms. The Hall–Kier alpha value is -1.79. The van der Waals surface area contributed by atoms with Gasteiger partial charge in [-0.15, -0.1) is 11.3 Å². The number of hydrogen-bond donors (Lipinski definition) is 0. The maximum atomic E-state index is 13.9. The molecule has 1 aromatic heterocycles. The molecule has 1 aliphatic heterocycles. The minimum atomic E-state index is -0.159. The van der Waals surface area contributed by atoms with E-state index >= 15 is 0 Å². The van der Waals surface area contributed by atoms with Crippen molar-refractivity contribution in [3.63, 3.8) is 0 Å². The van der Waals surface area contributed by atoms with Crippen LogP contribution in [0.2, 0.25) is 0 Å². The zero-order valence-corrected chi connectivity index (χ0v) is 15.6. The number of nitrogens with zero attached hydrogens (tertiary/aromatic N) is 3. The van der Waals surface area contributed by atoms with Gasteiger partial charge in [0.25, 0.3) is 0 Å². The average Bonchev–Trinajstić information content (AvgIpc) is 3.01. The van der Waals surface area contributed by atoms with E-state index in [0.717, 1.165) is 42.2 Å². The molecule has 0 N–H and O–H groups in total. The van der Waals surface area contributed by atoms with Gasteiger partial charge in [-0.25, -0.2) is 9.37 Å². The number of carbonyl (C=O) groups is 1. The molecule has 4 nitrogen and oxygen atoms in total. The Morgan fingerprint density at radius 1 is 1.44 bits per heavy atom. The summed E-state index contributed by atoms with van der Waals surface area (Å²) in [6, 6.07) is 7.09. The second-order valence-electron chi connectivity index (χ2n) is 6.66. The predicted octanol–water partition coefficient (Wildman–Crippen LogP) is 3.26. The molecule has 0 bridgehead atoms. The number of carbonyl (C=O) groups excluding carboxylic acids is 1. The molecule has 25 heavy (non-hydrogen) atoms. The molecule has 1 aliphatic rings. The molecule has 0 unspecified atom stereocenters. The van der Waals surface area contributed by atoms with Crippen LogP contribution in [0.1, 0.15) is 29.1 Å². The van der Waals surface area contributed by atoms with Crippen molar-refractivity contribution in [2.45, 2.75) is 38.8 Å². The highest BCUT2D eigenvalue weighted by Crippen LogP contribution is 2.19. The third-order valence-corrected chi connectivity index (χ3v) is 5.59. The van der Waals surface area contributed by atoms with Crippen molar-refractivity contribution in [2.24, 2.45) is 0 Å². The highest BCUT2D eigenvalue weighted by Gasteiger charge is 2.26. The fraction of sp³-hybridized carbons (Fsp3) is 0.474. The number of aryl methyl sites for hydroxylation is 1. The predicted molar refractivity (Wildman–Crippen MR) is 98.0 cm³/mol. The largest absolute Gasteiger partial charge is 0.341 e. The van der Waals surface area contributed by atoms with Crippen LogP contribution in [-0.4, -0.2) is 46.9 Å². The van der Waals surface area contributed by atoms with Gasteiger partial charge in [0.2, 0.25) is 5.91 Å². The fourth-order valence-electron chi connectivity index (χ4n) is 3.33. The van der Waals surface area contributed by atoms with Crippen LogP contribution in [0.3, 0.4) is 0 Å². The summed E-state index contributed by atoms with van der Waals surface area (Å²) < 4.78 is 13.9. The van der Waals surface area contributed by atoms with Crippen LogP contribution < -0.4 is 0 Å². The van der Waals surface area contributed by atoms with Crippen LogP contribution in [0, 0.1) is 12.7 Å². The molecule has 0 radical (unpaired) electrons. The van der Waals surface area contributed by atoms with Crippen LogP contribution >= 0.6 is 11.3 Å². The lowest BCUT2D eigenvalue weighted by Crippen LogP contribution is -2.48. The molecule has 0 aliphatic carbocycles. The van der Waals surface area contributed by atoms with E-state index in [0.29, 0.717) is 13.0 Å². The van der Waals surface area contributed by atoms with Crippen molar-refractivity contribution in [1.82, 2.24) is 14.8 Å². The number of amides is 1. The number of likely N-dealkylation sites (N-methyl/N-ethyl adjacent to an activating group) is 1. The molecule has 2 aromatic rings. The highest BCUT2D eigenvalue weighted by atomic mass is 32.1. The number of piperidine rings is 1. The van der Waals surface area contributed by atoms with E-state index in [2.05, 4.69) is 9.88 Å². The number of likely N-dealkylation sites (tertiary alicyclic amines) is 1. The number of thiazole rings is 1. The zero-order chi connectivity index (χ0) is 17.8. The topological polar surface area (TPSA) is 36.4 Å². The summed E-state index contributed by atoms with van der Waals surface area (Å²) in [6.07, 6.45) is 2.36. The summed E-state index contributed by atoms with van der Waals surface area (Å²) in [5.41, 5.74) is 1.56. The van der Waals surface area contributed by atoms with Gasteiger partial charge in [0.05, 0.1) is 17.1 Å². The molecule has 6 heteroatoms. The Morgan fingerprint density at radius 2 is 2.24 bits per heavy atom. The molecule has 134 valence electrons. The van der Waals surface area contributed by atoms with Gasteiger partial charge in [-0.3, -0.25) is 9.69 Å². The molecule has 1 atom stereocenters. The van der Waals surface area contributed by atoms with E-state index < -0.39 is 0 Å². The van der Waals surface area contributed by atoms with E-state index in [1.54, 1.807) is 17.4 Å². The van der Waals surface area contributed by atoms with Crippen LogP contribution in [0.4, 0.5) is 4.39 Å². The summed E-state index contributed by atoms with van der Waals surface area (Å²) in [6.45, 7) is 4.27. The van der Waals surface area contributed by atoms with E-state index in [9.17, 15) is 9.18 Å². The highest BCUT2D eigenvalue weighted by molar-refractivity contribution is 7.09. The molecule has 0 saturated carbocycles. The van der Waals surface area contributed by atoms with E-state index in [-0.39, 0.29) is 17.8 Å². The lowest BCUT2D eigenvalue weighted by atomic mass is 10.0. The molecule has 1 amide bonds. The van der Waals surface area contributed by atoms with E-state index in [4.69, 9.17) is 0 Å². The molecular formula is C19H24FN3OS. The number of hydrogen-bond acceptors (Lipinski definition) is 4. The zero-order valence-electron chi connectivity index (χ0n) is 14.7. The van der Waals surface area contributed by atoms with Crippen molar-refractivity contribution in [3.05, 3.63) is 51.7 Å². The molecule has 1 saturated heterocycles. The maximum absolute atomic E-state index is 13.9. The van der Waals surface area contributed by atoms with Gasteiger partial charge in [-0.2, -0.15) is 0 Å². The Bertz CT molecular complexity index is 733. The fourth-order valence-corrected chi connectivity index (χ4v) is 3.94. The summed E-state index contributed by atoms with van der Waals surface area (Å²) in [7, 11) is 1.87. The van der Waals surface area contributed by atoms with Crippen LogP contribution in [0.25, 0.3) is 0 Å². The second kappa shape index (κ2) is 8.06. The van der Waals surface area contributed by atoms with Crippen molar-refractivity contribution in [1.29, 1.82) is 0 Å². The van der Waals surface area contributed by atoms with Gasteiger partial charge in [0.15, 0.2) is 0 Å². The summed E-state index contributed by atoms with van der Waals surface area (Å²) >= 11 is 1.57. The standard InChI is InChI=1S/C19H24FN3OS/c1-14-21-16(13-25-14)10-19(24)22(2)17-7-5-9-23(12-17)11-15-6-3-4-8-18(15)20/h3-4,6,8,13,17H,5,7,9-12H2,1-2H3/t17-/m1/s1. The Balaban J connectivity index is 1.58. The average molecular weight is 361 g/mol. The first-order valence-electron chi connectivity index (χ1n) is 8.65. The summed E-state index contributed by atoms with van der Waals surface area (Å²) in [5, 5.41) is 2.94. The molecule has 1 aromatic carbocycles. The second-order valence-corrected chi connectivity index (χ2v) is 7.72. The first-order chi connectivity index (χ1) is 12.0. The van der Waals surface area contributed by atoms with Gasteiger partial charge in [-0.05, 0) is 32.4 Å². The number of aromatic nitrogens is 1. The van der Waals surface area contributed by atoms with Gasteiger partial charge >= 0.3 is 0 Å². The Kier molecular flexibility index (Phi) is 5.81. The van der Waals surface area contributed by atoms with Gasteiger partial charge in [0.1, 0.15) is 5.82 Å². The molecule has 3 rings (SSSR count). The third kappa shape index (κ3) is 4.64. The first kappa shape index (κ1) is 18.0. The Morgan fingerprint density at radius 3 is 2.96 bits per heavy atom.